The molecule has 2 aliphatic carbocycles. The predicted octanol–water partition coefficient (Wildman–Crippen LogP) is 2.76. The van der Waals surface area contributed by atoms with Gasteiger partial charge in [-0.15, -0.1) is 0 Å². The zero-order valence-corrected chi connectivity index (χ0v) is 11.6. The zero-order chi connectivity index (χ0) is 12.7. The summed E-state index contributed by atoms with van der Waals surface area (Å²) in [6, 6.07) is 3.01. The second-order valence-electron chi connectivity index (χ2n) is 6.72. The van der Waals surface area contributed by atoms with Crippen LogP contribution in [-0.4, -0.2) is 24.0 Å². The van der Waals surface area contributed by atoms with Crippen LogP contribution < -0.4 is 5.32 Å². The third kappa shape index (κ3) is 2.72. The van der Waals surface area contributed by atoms with Gasteiger partial charge >= 0.3 is 0 Å². The highest BCUT2D eigenvalue weighted by Gasteiger charge is 2.36. The Morgan fingerprint density at radius 2 is 1.95 bits per heavy atom. The van der Waals surface area contributed by atoms with Crippen LogP contribution in [0.25, 0.3) is 0 Å². The second kappa shape index (κ2) is 4.95. The average molecular weight is 260 g/mol. The van der Waals surface area contributed by atoms with E-state index in [1.165, 1.54) is 50.8 Å². The summed E-state index contributed by atoms with van der Waals surface area (Å²) in [6.07, 6.45) is 9.00. The Morgan fingerprint density at radius 1 is 1.16 bits per heavy atom. The minimum absolute atomic E-state index is 0.774. The van der Waals surface area contributed by atoms with Gasteiger partial charge in [0.1, 0.15) is 5.76 Å². The molecule has 3 fully saturated rings. The summed E-state index contributed by atoms with van der Waals surface area (Å²) >= 11 is 0. The van der Waals surface area contributed by atoms with Gasteiger partial charge in [-0.3, -0.25) is 4.90 Å². The van der Waals surface area contributed by atoms with Gasteiger partial charge in [0.15, 0.2) is 0 Å². The van der Waals surface area contributed by atoms with Crippen LogP contribution in [0.4, 0.5) is 0 Å². The van der Waals surface area contributed by atoms with E-state index < -0.39 is 0 Å². The van der Waals surface area contributed by atoms with Crippen LogP contribution in [0.3, 0.4) is 0 Å². The minimum Gasteiger partial charge on any atom is -0.468 e. The molecule has 0 bridgehead atoms. The number of rotatable bonds is 5. The topological polar surface area (TPSA) is 28.4 Å². The SMILES string of the molecule is c1oc(CN2CC3CCCC3C2)cc1CNC1CC1. The second-order valence-corrected chi connectivity index (χ2v) is 6.72. The van der Waals surface area contributed by atoms with Crippen LogP contribution in [0.15, 0.2) is 16.7 Å². The maximum absolute atomic E-state index is 5.72. The highest BCUT2D eigenvalue weighted by atomic mass is 16.3. The van der Waals surface area contributed by atoms with Crippen molar-refractivity contribution in [3.05, 3.63) is 23.7 Å². The highest BCUT2D eigenvalue weighted by Crippen LogP contribution is 2.38. The molecule has 2 atom stereocenters. The molecule has 2 saturated carbocycles. The molecule has 1 N–H and O–H groups in total. The van der Waals surface area contributed by atoms with Crippen LogP contribution >= 0.6 is 0 Å². The first-order valence-electron chi connectivity index (χ1n) is 7.89. The highest BCUT2D eigenvalue weighted by molar-refractivity contribution is 5.13. The maximum atomic E-state index is 5.72. The molecule has 2 unspecified atom stereocenters. The number of hydrogen-bond acceptors (Lipinski definition) is 3. The van der Waals surface area contributed by atoms with Crippen LogP contribution in [0.1, 0.15) is 43.4 Å². The van der Waals surface area contributed by atoms with Crippen molar-refractivity contribution >= 4 is 0 Å². The number of nitrogens with one attached hydrogen (secondary N) is 1. The van der Waals surface area contributed by atoms with Gasteiger partial charge in [-0.2, -0.15) is 0 Å². The minimum atomic E-state index is 0.774. The fourth-order valence-electron chi connectivity index (χ4n) is 3.83. The third-order valence-electron chi connectivity index (χ3n) is 5.06. The molecule has 19 heavy (non-hydrogen) atoms. The molecule has 1 saturated heterocycles. The quantitative estimate of drug-likeness (QED) is 0.882. The lowest BCUT2D eigenvalue weighted by atomic mass is 10.0. The fourth-order valence-corrected chi connectivity index (χ4v) is 3.83. The lowest BCUT2D eigenvalue weighted by Gasteiger charge is -2.14. The molecule has 3 heteroatoms. The van der Waals surface area contributed by atoms with Crippen molar-refractivity contribution in [3.63, 3.8) is 0 Å². The van der Waals surface area contributed by atoms with Crippen LogP contribution in [0, 0.1) is 11.8 Å². The van der Waals surface area contributed by atoms with Crippen molar-refractivity contribution in [1.82, 2.24) is 10.2 Å². The largest absolute Gasteiger partial charge is 0.468 e. The Labute approximate surface area is 115 Å². The van der Waals surface area contributed by atoms with Gasteiger partial charge in [0.25, 0.3) is 0 Å². The summed E-state index contributed by atoms with van der Waals surface area (Å²) in [5.74, 6) is 3.10. The smallest absolute Gasteiger partial charge is 0.118 e. The first kappa shape index (κ1) is 12.0. The Hall–Kier alpha value is -0.800. The molecule has 4 rings (SSSR count). The van der Waals surface area contributed by atoms with Crippen LogP contribution in [-0.2, 0) is 13.1 Å². The lowest BCUT2D eigenvalue weighted by Crippen LogP contribution is -2.20. The molecule has 2 heterocycles. The van der Waals surface area contributed by atoms with Gasteiger partial charge in [-0.1, -0.05) is 6.42 Å². The molecular weight excluding hydrogens is 236 g/mol. The average Bonchev–Trinajstić information content (AvgIpc) is 2.79. The number of fused-ring (bicyclic) bond motifs is 1. The molecule has 0 spiro atoms. The first-order valence-corrected chi connectivity index (χ1v) is 7.89. The Balaban J connectivity index is 1.30. The van der Waals surface area contributed by atoms with E-state index >= 15 is 0 Å². The molecule has 1 aromatic rings. The van der Waals surface area contributed by atoms with Gasteiger partial charge in [0.05, 0.1) is 12.8 Å². The molecule has 0 amide bonds. The third-order valence-corrected chi connectivity index (χ3v) is 5.06. The Morgan fingerprint density at radius 3 is 2.68 bits per heavy atom. The van der Waals surface area contributed by atoms with E-state index in [-0.39, 0.29) is 0 Å². The molecule has 0 radical (unpaired) electrons. The van der Waals surface area contributed by atoms with Crippen LogP contribution in [0.2, 0.25) is 0 Å². The fraction of sp³-hybridized carbons (Fsp3) is 0.750. The normalized spacial score (nSPS) is 30.9. The van der Waals surface area contributed by atoms with E-state index in [1.807, 2.05) is 6.26 Å². The van der Waals surface area contributed by atoms with E-state index in [0.717, 1.165) is 36.7 Å². The standard InChI is InChI=1S/C16H24N2O/c1-2-13-8-18(9-14(13)3-1)10-16-6-12(11-19-16)7-17-15-4-5-15/h6,11,13-15,17H,1-5,7-10H2. The zero-order valence-electron chi connectivity index (χ0n) is 11.6. The first-order chi connectivity index (χ1) is 9.37. The van der Waals surface area contributed by atoms with Crippen molar-refractivity contribution in [2.24, 2.45) is 11.8 Å². The molecule has 0 aromatic carbocycles. The van der Waals surface area contributed by atoms with Gasteiger partial charge in [-0.05, 0) is 43.6 Å². The summed E-state index contributed by atoms with van der Waals surface area (Å²) in [5, 5.41) is 3.54. The van der Waals surface area contributed by atoms with Crippen molar-refractivity contribution in [2.45, 2.75) is 51.2 Å². The summed E-state index contributed by atoms with van der Waals surface area (Å²) in [6.45, 7) is 4.57. The number of nitrogens with zero attached hydrogens (tertiary/aromatic N) is 1. The van der Waals surface area contributed by atoms with Crippen molar-refractivity contribution in [3.8, 4) is 0 Å². The lowest BCUT2D eigenvalue weighted by molar-refractivity contribution is 0.276. The number of hydrogen-bond donors (Lipinski definition) is 1. The van der Waals surface area contributed by atoms with E-state index in [0.29, 0.717) is 0 Å². The van der Waals surface area contributed by atoms with Gasteiger partial charge in [0.2, 0.25) is 0 Å². The van der Waals surface area contributed by atoms with Gasteiger partial charge < -0.3 is 9.73 Å². The molecule has 3 aliphatic rings. The summed E-state index contributed by atoms with van der Waals surface area (Å²) in [4.78, 5) is 2.59. The molecule has 3 nitrogen and oxygen atoms in total. The summed E-state index contributed by atoms with van der Waals surface area (Å²) < 4.78 is 5.72. The summed E-state index contributed by atoms with van der Waals surface area (Å²) in [5.41, 5.74) is 1.31. The van der Waals surface area contributed by atoms with Crippen molar-refractivity contribution in [1.29, 1.82) is 0 Å². The summed E-state index contributed by atoms with van der Waals surface area (Å²) in [7, 11) is 0. The van der Waals surface area contributed by atoms with Crippen LogP contribution in [0.5, 0.6) is 0 Å². The number of likely N-dealkylation sites (tertiary alicyclic amines) is 1. The van der Waals surface area contributed by atoms with E-state index in [9.17, 15) is 0 Å². The maximum Gasteiger partial charge on any atom is 0.118 e. The Bertz CT molecular complexity index is 426. The van der Waals surface area contributed by atoms with Gasteiger partial charge in [-0.25, -0.2) is 0 Å². The predicted molar refractivity (Wildman–Crippen MR) is 74.7 cm³/mol. The molecular formula is C16H24N2O. The molecule has 1 aliphatic heterocycles. The van der Waals surface area contributed by atoms with Crippen molar-refractivity contribution in [2.75, 3.05) is 13.1 Å². The molecule has 1 aromatic heterocycles. The molecule has 104 valence electrons. The van der Waals surface area contributed by atoms with Gasteiger partial charge in [0, 0.05) is 31.2 Å². The Kier molecular flexibility index (Phi) is 3.12. The van der Waals surface area contributed by atoms with E-state index in [4.69, 9.17) is 4.42 Å². The van der Waals surface area contributed by atoms with E-state index in [2.05, 4.69) is 16.3 Å². The van der Waals surface area contributed by atoms with Crippen molar-refractivity contribution < 1.29 is 4.42 Å². The van der Waals surface area contributed by atoms with E-state index in [1.54, 1.807) is 0 Å². The monoisotopic (exact) mass is 260 g/mol. The number of furan rings is 1.